The highest BCUT2D eigenvalue weighted by atomic mass is 35.5. The van der Waals surface area contributed by atoms with Crippen LogP contribution < -0.4 is 4.90 Å². The molecule has 1 aliphatic carbocycles. The van der Waals surface area contributed by atoms with Gasteiger partial charge in [0.15, 0.2) is 5.82 Å². The number of rotatable bonds is 7. The lowest BCUT2D eigenvalue weighted by atomic mass is 9.99. The third-order valence-corrected chi connectivity index (χ3v) is 7.62. The lowest BCUT2D eigenvalue weighted by Crippen LogP contribution is -2.55. The molecule has 0 saturated carbocycles. The molecule has 0 spiro atoms. The second kappa shape index (κ2) is 12.9. The number of nitrogens with zero attached hydrogens (tertiary/aromatic N) is 7. The summed E-state index contributed by atoms with van der Waals surface area (Å²) in [6.45, 7) is 12.4. The Morgan fingerprint density at radius 3 is 2.67 bits per heavy atom. The van der Waals surface area contributed by atoms with Gasteiger partial charge in [-0.25, -0.2) is 23.7 Å². The number of carbonyl (C=O) groups excluding carboxylic acids is 2. The lowest BCUT2D eigenvalue weighted by molar-refractivity contribution is -0.128. The first-order valence-electron chi connectivity index (χ1n) is 13.7. The number of alkyl halides is 1. The van der Waals surface area contributed by atoms with Crippen molar-refractivity contribution in [1.29, 1.82) is 0 Å². The molecule has 0 bridgehead atoms. The Labute approximate surface area is 249 Å². The number of anilines is 2. The Morgan fingerprint density at radius 2 is 2.05 bits per heavy atom. The number of aromatic nitrogens is 3. The van der Waals surface area contributed by atoms with Gasteiger partial charge in [-0.3, -0.25) is 19.5 Å². The van der Waals surface area contributed by atoms with Crippen LogP contribution in [0.4, 0.5) is 20.3 Å². The van der Waals surface area contributed by atoms with Gasteiger partial charge in [-0.1, -0.05) is 32.0 Å². The van der Waals surface area contributed by atoms with Gasteiger partial charge in [-0.15, -0.1) is 0 Å². The van der Waals surface area contributed by atoms with Crippen molar-refractivity contribution in [2.24, 2.45) is 4.99 Å². The second-order valence-corrected chi connectivity index (χ2v) is 10.9. The first-order chi connectivity index (χ1) is 20.0. The average Bonchev–Trinajstić information content (AvgIpc) is 2.96. The van der Waals surface area contributed by atoms with Gasteiger partial charge in [0, 0.05) is 44.7 Å². The quantitative estimate of drug-likeness (QED) is 0.185. The van der Waals surface area contributed by atoms with E-state index in [1.165, 1.54) is 17.3 Å². The second-order valence-electron chi connectivity index (χ2n) is 10.5. The van der Waals surface area contributed by atoms with Crippen molar-refractivity contribution < 1.29 is 18.4 Å². The largest absolute Gasteiger partial charge is 0.350 e. The van der Waals surface area contributed by atoms with Crippen LogP contribution in [0.15, 0.2) is 48.0 Å². The number of allylic oxidation sites excluding steroid dienone is 4. The van der Waals surface area contributed by atoms with E-state index in [1.807, 2.05) is 25.7 Å². The number of halogens is 3. The molecule has 0 aromatic carbocycles. The highest BCUT2D eigenvalue weighted by Gasteiger charge is 2.33. The number of aliphatic imine (C=N–C) groups is 1. The standard InChI is InChI=1S/C30H34ClF2N7O2/c1-7-25(42)38-10-11-39(18(4)14-38)29(34-6)22-13-23(31)27(21-12-20(32)8-9-24(21)33)37-30(22)40(16-41)28-19(5)35-15-36-26(28)17(2)3/h7,9,12-13,15-18,20H,1,8,10-11,14H2,2-6H3/b34-29+. The molecule has 9 nitrogen and oxygen atoms in total. The molecule has 42 heavy (non-hydrogen) atoms. The summed E-state index contributed by atoms with van der Waals surface area (Å²) in [7, 11) is 1.61. The van der Waals surface area contributed by atoms with Gasteiger partial charge in [-0.05, 0) is 44.1 Å². The molecule has 222 valence electrons. The Hall–Kier alpha value is -3.99. The number of piperazine rings is 1. The highest BCUT2D eigenvalue weighted by molar-refractivity contribution is 6.33. The Morgan fingerprint density at radius 1 is 1.31 bits per heavy atom. The van der Waals surface area contributed by atoms with Crippen molar-refractivity contribution in [3.8, 4) is 0 Å². The maximum atomic E-state index is 15.0. The normalized spacial score (nSPS) is 19.4. The predicted molar refractivity (Wildman–Crippen MR) is 160 cm³/mol. The van der Waals surface area contributed by atoms with Crippen LogP contribution in [0, 0.1) is 6.92 Å². The van der Waals surface area contributed by atoms with Crippen LogP contribution in [0.5, 0.6) is 0 Å². The third kappa shape index (κ3) is 5.97. The van der Waals surface area contributed by atoms with E-state index in [2.05, 4.69) is 21.5 Å². The molecule has 2 unspecified atom stereocenters. The van der Waals surface area contributed by atoms with Gasteiger partial charge in [0.25, 0.3) is 0 Å². The lowest BCUT2D eigenvalue weighted by Gasteiger charge is -2.41. The minimum absolute atomic E-state index is 0.0103. The van der Waals surface area contributed by atoms with Crippen molar-refractivity contribution in [1.82, 2.24) is 24.8 Å². The third-order valence-electron chi connectivity index (χ3n) is 7.33. The molecule has 1 aliphatic heterocycles. The number of hydrogen-bond acceptors (Lipinski definition) is 6. The summed E-state index contributed by atoms with van der Waals surface area (Å²) in [5.41, 5.74) is 1.84. The number of amidine groups is 1. The van der Waals surface area contributed by atoms with E-state index >= 15 is 4.39 Å². The number of aryl methyl sites for hydroxylation is 1. The van der Waals surface area contributed by atoms with Gasteiger partial charge in [0.1, 0.15) is 24.2 Å². The van der Waals surface area contributed by atoms with Crippen LogP contribution >= 0.6 is 11.6 Å². The van der Waals surface area contributed by atoms with Crippen LogP contribution in [0.25, 0.3) is 5.57 Å². The molecule has 3 heterocycles. The van der Waals surface area contributed by atoms with E-state index in [4.69, 9.17) is 16.6 Å². The fourth-order valence-corrected chi connectivity index (χ4v) is 5.54. The van der Waals surface area contributed by atoms with Crippen molar-refractivity contribution >= 4 is 46.8 Å². The molecule has 0 radical (unpaired) electrons. The zero-order valence-corrected chi connectivity index (χ0v) is 25.1. The number of amides is 2. The Bertz CT molecular complexity index is 1490. The van der Waals surface area contributed by atoms with Crippen LogP contribution in [-0.2, 0) is 9.59 Å². The SMILES string of the molecule is C=CC(=O)N1CCN(/C(=N/C)c2cc(Cl)c(C3=CC(F)CC=C3F)nc2N(C=O)c2c(C)ncnc2C(C)C)C(C)C1. The number of carbonyl (C=O) groups is 2. The summed E-state index contributed by atoms with van der Waals surface area (Å²) < 4.78 is 29.4. The summed E-state index contributed by atoms with van der Waals surface area (Å²) in [5.74, 6) is -0.327. The minimum Gasteiger partial charge on any atom is -0.350 e. The minimum atomic E-state index is -1.41. The van der Waals surface area contributed by atoms with Gasteiger partial charge >= 0.3 is 0 Å². The monoisotopic (exact) mass is 597 g/mol. The fraction of sp³-hybridized carbons (Fsp3) is 0.400. The summed E-state index contributed by atoms with van der Waals surface area (Å²) >= 11 is 6.73. The van der Waals surface area contributed by atoms with Crippen LogP contribution in [0.2, 0.25) is 5.02 Å². The predicted octanol–water partition coefficient (Wildman–Crippen LogP) is 5.33. The first-order valence-corrected chi connectivity index (χ1v) is 14.0. The van der Waals surface area contributed by atoms with Gasteiger partial charge in [-0.2, -0.15) is 0 Å². The molecule has 2 amide bonds. The van der Waals surface area contributed by atoms with E-state index in [1.54, 1.807) is 24.9 Å². The molecule has 2 aliphatic rings. The number of hydrogen-bond donors (Lipinski definition) is 0. The zero-order chi connectivity index (χ0) is 30.7. The molecule has 1 fully saturated rings. The van der Waals surface area contributed by atoms with Gasteiger partial charge in [0.05, 0.1) is 33.4 Å². The van der Waals surface area contributed by atoms with Crippen LogP contribution in [0.1, 0.15) is 55.8 Å². The smallest absolute Gasteiger partial charge is 0.246 e. The van der Waals surface area contributed by atoms with Gasteiger partial charge in [0.2, 0.25) is 12.3 Å². The van der Waals surface area contributed by atoms with E-state index in [0.717, 1.165) is 12.2 Å². The van der Waals surface area contributed by atoms with E-state index in [9.17, 15) is 14.0 Å². The molecule has 2 aromatic heterocycles. The van der Waals surface area contributed by atoms with Crippen molar-refractivity contribution in [3.63, 3.8) is 0 Å². The van der Waals surface area contributed by atoms with Gasteiger partial charge < -0.3 is 9.80 Å². The van der Waals surface area contributed by atoms with E-state index in [-0.39, 0.29) is 46.4 Å². The topological polar surface area (TPSA) is 94.9 Å². The molecular formula is C30H34ClF2N7O2. The van der Waals surface area contributed by atoms with Crippen molar-refractivity contribution in [3.05, 3.63) is 70.7 Å². The van der Waals surface area contributed by atoms with Crippen LogP contribution in [0.3, 0.4) is 0 Å². The van der Waals surface area contributed by atoms with Crippen molar-refractivity contribution in [2.45, 2.75) is 52.2 Å². The van der Waals surface area contributed by atoms with E-state index < -0.39 is 12.0 Å². The molecule has 0 N–H and O–H groups in total. The molecule has 2 aromatic rings. The molecule has 1 saturated heterocycles. The summed E-state index contributed by atoms with van der Waals surface area (Å²) in [4.78, 5) is 48.2. The van der Waals surface area contributed by atoms with E-state index in [0.29, 0.717) is 54.5 Å². The molecule has 4 rings (SSSR count). The highest BCUT2D eigenvalue weighted by Crippen LogP contribution is 2.39. The van der Waals surface area contributed by atoms with Crippen LogP contribution in [-0.4, -0.2) is 81.8 Å². The van der Waals surface area contributed by atoms with Crippen molar-refractivity contribution in [2.75, 3.05) is 31.6 Å². The number of pyridine rings is 1. The molecule has 2 atom stereocenters. The molecule has 12 heteroatoms. The summed E-state index contributed by atoms with van der Waals surface area (Å²) in [6.07, 6.45) is 4.09. The molecular weight excluding hydrogens is 564 g/mol. The average molecular weight is 598 g/mol. The summed E-state index contributed by atoms with van der Waals surface area (Å²) in [5, 5.41) is 0.0582. The first kappa shape index (κ1) is 31.0. The zero-order valence-electron chi connectivity index (χ0n) is 24.3. The summed E-state index contributed by atoms with van der Waals surface area (Å²) in [6, 6.07) is 1.40. The maximum Gasteiger partial charge on any atom is 0.246 e. The Balaban J connectivity index is 1.95. The Kier molecular flexibility index (Phi) is 9.50. The maximum absolute atomic E-state index is 15.0. The fourth-order valence-electron chi connectivity index (χ4n) is 5.28.